The van der Waals surface area contributed by atoms with Crippen LogP contribution in [0.2, 0.25) is 0 Å². The van der Waals surface area contributed by atoms with E-state index in [9.17, 15) is 9.90 Å². The molecule has 19 heavy (non-hydrogen) atoms. The Bertz CT molecular complexity index is 433. The molecule has 1 aromatic carbocycles. The SMILES string of the molecule is COc1ccc(C(O)CNC(C)C)cc1NC(C)=O. The molecule has 0 heterocycles. The number of carbonyl (C=O) groups is 1. The Morgan fingerprint density at radius 2 is 2.11 bits per heavy atom. The van der Waals surface area contributed by atoms with Gasteiger partial charge in [-0.2, -0.15) is 0 Å². The van der Waals surface area contributed by atoms with Crippen LogP contribution in [0.15, 0.2) is 18.2 Å². The molecule has 1 aromatic rings. The van der Waals surface area contributed by atoms with Gasteiger partial charge in [0.05, 0.1) is 18.9 Å². The lowest BCUT2D eigenvalue weighted by atomic mass is 10.1. The van der Waals surface area contributed by atoms with Crippen molar-refractivity contribution in [2.45, 2.75) is 32.9 Å². The zero-order valence-electron chi connectivity index (χ0n) is 11.9. The highest BCUT2D eigenvalue weighted by Crippen LogP contribution is 2.28. The van der Waals surface area contributed by atoms with Crippen molar-refractivity contribution in [3.05, 3.63) is 23.8 Å². The lowest BCUT2D eigenvalue weighted by molar-refractivity contribution is -0.114. The van der Waals surface area contributed by atoms with Crippen LogP contribution < -0.4 is 15.4 Å². The van der Waals surface area contributed by atoms with Gasteiger partial charge < -0.3 is 20.5 Å². The van der Waals surface area contributed by atoms with E-state index in [-0.39, 0.29) is 5.91 Å². The minimum Gasteiger partial charge on any atom is -0.495 e. The molecule has 106 valence electrons. The maximum absolute atomic E-state index is 11.1. The molecule has 0 aliphatic heterocycles. The van der Waals surface area contributed by atoms with Crippen molar-refractivity contribution in [3.8, 4) is 5.75 Å². The van der Waals surface area contributed by atoms with Gasteiger partial charge in [0.1, 0.15) is 5.75 Å². The monoisotopic (exact) mass is 266 g/mol. The summed E-state index contributed by atoms with van der Waals surface area (Å²) in [6, 6.07) is 5.56. The zero-order valence-corrected chi connectivity index (χ0v) is 11.9. The number of ether oxygens (including phenoxy) is 1. The minimum atomic E-state index is -0.624. The fourth-order valence-corrected chi connectivity index (χ4v) is 1.69. The maximum Gasteiger partial charge on any atom is 0.221 e. The van der Waals surface area contributed by atoms with E-state index in [0.29, 0.717) is 24.0 Å². The minimum absolute atomic E-state index is 0.176. The Balaban J connectivity index is 2.87. The van der Waals surface area contributed by atoms with Gasteiger partial charge in [0.2, 0.25) is 5.91 Å². The van der Waals surface area contributed by atoms with Crippen molar-refractivity contribution < 1.29 is 14.6 Å². The number of rotatable bonds is 6. The number of benzene rings is 1. The van der Waals surface area contributed by atoms with Crippen molar-refractivity contribution in [3.63, 3.8) is 0 Å². The van der Waals surface area contributed by atoms with E-state index in [2.05, 4.69) is 10.6 Å². The Kier molecular flexibility index (Phi) is 5.79. The van der Waals surface area contributed by atoms with Crippen molar-refractivity contribution in [2.75, 3.05) is 19.0 Å². The molecule has 0 radical (unpaired) electrons. The number of hydrogen-bond donors (Lipinski definition) is 3. The molecule has 5 nitrogen and oxygen atoms in total. The van der Waals surface area contributed by atoms with E-state index in [1.54, 1.807) is 18.2 Å². The summed E-state index contributed by atoms with van der Waals surface area (Å²) in [5.74, 6) is 0.396. The molecule has 3 N–H and O–H groups in total. The van der Waals surface area contributed by atoms with Crippen LogP contribution in [0.5, 0.6) is 5.75 Å². The third kappa shape index (κ3) is 4.89. The van der Waals surface area contributed by atoms with Gasteiger partial charge in [-0.05, 0) is 17.7 Å². The molecular formula is C14H22N2O3. The van der Waals surface area contributed by atoms with Crippen LogP contribution in [-0.4, -0.2) is 30.7 Å². The standard InChI is InChI=1S/C14H22N2O3/c1-9(2)15-8-13(18)11-5-6-14(19-4)12(7-11)16-10(3)17/h5-7,9,13,15,18H,8H2,1-4H3,(H,16,17). The fourth-order valence-electron chi connectivity index (χ4n) is 1.69. The molecule has 1 amide bonds. The Labute approximate surface area is 114 Å². The predicted molar refractivity (Wildman–Crippen MR) is 75.4 cm³/mol. The number of methoxy groups -OCH3 is 1. The summed E-state index contributed by atoms with van der Waals surface area (Å²) in [6.45, 7) is 5.93. The van der Waals surface area contributed by atoms with E-state index in [4.69, 9.17) is 4.74 Å². The molecule has 0 saturated heterocycles. The summed E-state index contributed by atoms with van der Waals surface area (Å²) in [7, 11) is 1.54. The lowest BCUT2D eigenvalue weighted by Crippen LogP contribution is -2.27. The average molecular weight is 266 g/mol. The summed E-state index contributed by atoms with van der Waals surface area (Å²) >= 11 is 0. The molecule has 5 heteroatoms. The van der Waals surface area contributed by atoms with Gasteiger partial charge in [0.15, 0.2) is 0 Å². The number of aliphatic hydroxyl groups excluding tert-OH is 1. The molecule has 1 unspecified atom stereocenters. The Morgan fingerprint density at radius 3 is 2.63 bits per heavy atom. The molecule has 0 bridgehead atoms. The largest absolute Gasteiger partial charge is 0.495 e. The van der Waals surface area contributed by atoms with Gasteiger partial charge in [-0.15, -0.1) is 0 Å². The second-order valence-corrected chi connectivity index (χ2v) is 4.72. The fraction of sp³-hybridized carbons (Fsp3) is 0.500. The first-order valence-corrected chi connectivity index (χ1v) is 6.31. The van der Waals surface area contributed by atoms with Crippen molar-refractivity contribution in [1.82, 2.24) is 5.32 Å². The van der Waals surface area contributed by atoms with E-state index in [1.807, 2.05) is 13.8 Å². The van der Waals surface area contributed by atoms with Gasteiger partial charge in [-0.25, -0.2) is 0 Å². The van der Waals surface area contributed by atoms with Crippen LogP contribution in [0.4, 0.5) is 5.69 Å². The molecule has 0 aliphatic carbocycles. The highest BCUT2D eigenvalue weighted by atomic mass is 16.5. The van der Waals surface area contributed by atoms with Crippen molar-refractivity contribution in [1.29, 1.82) is 0 Å². The predicted octanol–water partition coefficient (Wildman–Crippen LogP) is 1.68. The highest BCUT2D eigenvalue weighted by Gasteiger charge is 2.12. The van der Waals surface area contributed by atoms with E-state index < -0.39 is 6.10 Å². The van der Waals surface area contributed by atoms with E-state index >= 15 is 0 Å². The molecule has 0 aromatic heterocycles. The first-order chi connectivity index (χ1) is 8.93. The van der Waals surface area contributed by atoms with Gasteiger partial charge in [-0.3, -0.25) is 4.79 Å². The number of nitrogens with one attached hydrogen (secondary N) is 2. The number of carbonyl (C=O) groups excluding carboxylic acids is 1. The number of hydrogen-bond acceptors (Lipinski definition) is 4. The summed E-state index contributed by atoms with van der Waals surface area (Å²) in [5, 5.41) is 15.9. The van der Waals surface area contributed by atoms with Gasteiger partial charge in [-0.1, -0.05) is 19.9 Å². The van der Waals surface area contributed by atoms with Crippen molar-refractivity contribution >= 4 is 11.6 Å². The molecule has 1 atom stereocenters. The van der Waals surface area contributed by atoms with E-state index in [0.717, 1.165) is 5.56 Å². The quantitative estimate of drug-likeness (QED) is 0.732. The number of aliphatic hydroxyl groups is 1. The second kappa shape index (κ2) is 7.11. The van der Waals surface area contributed by atoms with Crippen LogP contribution in [0.1, 0.15) is 32.4 Å². The molecular weight excluding hydrogens is 244 g/mol. The molecule has 0 saturated carbocycles. The van der Waals surface area contributed by atoms with Crippen LogP contribution in [0, 0.1) is 0 Å². The van der Waals surface area contributed by atoms with Crippen LogP contribution >= 0.6 is 0 Å². The number of anilines is 1. The molecule has 0 fully saturated rings. The van der Waals surface area contributed by atoms with Crippen molar-refractivity contribution in [2.24, 2.45) is 0 Å². The van der Waals surface area contributed by atoms with Gasteiger partial charge in [0, 0.05) is 19.5 Å². The Morgan fingerprint density at radius 1 is 1.42 bits per heavy atom. The maximum atomic E-state index is 11.1. The molecule has 0 spiro atoms. The van der Waals surface area contributed by atoms with Crippen LogP contribution in [-0.2, 0) is 4.79 Å². The van der Waals surface area contributed by atoms with Gasteiger partial charge in [0.25, 0.3) is 0 Å². The second-order valence-electron chi connectivity index (χ2n) is 4.72. The topological polar surface area (TPSA) is 70.6 Å². The third-order valence-corrected chi connectivity index (χ3v) is 2.64. The first-order valence-electron chi connectivity index (χ1n) is 6.31. The lowest BCUT2D eigenvalue weighted by Gasteiger charge is -2.16. The normalized spacial score (nSPS) is 12.3. The summed E-state index contributed by atoms with van der Waals surface area (Å²) in [5.41, 5.74) is 1.30. The smallest absolute Gasteiger partial charge is 0.221 e. The van der Waals surface area contributed by atoms with Crippen LogP contribution in [0.3, 0.4) is 0 Å². The van der Waals surface area contributed by atoms with Crippen LogP contribution in [0.25, 0.3) is 0 Å². The first kappa shape index (κ1) is 15.5. The highest BCUT2D eigenvalue weighted by molar-refractivity contribution is 5.90. The molecule has 1 rings (SSSR count). The average Bonchev–Trinajstić information content (AvgIpc) is 2.35. The number of amides is 1. The molecule has 0 aliphatic rings. The summed E-state index contributed by atoms with van der Waals surface area (Å²) in [4.78, 5) is 11.1. The Hall–Kier alpha value is -1.59. The van der Waals surface area contributed by atoms with E-state index in [1.165, 1.54) is 14.0 Å². The third-order valence-electron chi connectivity index (χ3n) is 2.64. The summed E-state index contributed by atoms with van der Waals surface area (Å²) in [6.07, 6.45) is -0.624. The zero-order chi connectivity index (χ0) is 14.4. The summed E-state index contributed by atoms with van der Waals surface area (Å²) < 4.78 is 5.17. The van der Waals surface area contributed by atoms with Gasteiger partial charge >= 0.3 is 0 Å².